The van der Waals surface area contributed by atoms with Gasteiger partial charge in [0.1, 0.15) is 0 Å². The second kappa shape index (κ2) is 9.30. The molecule has 0 radical (unpaired) electrons. The summed E-state index contributed by atoms with van der Waals surface area (Å²) < 4.78 is 0. The Morgan fingerprint density at radius 3 is 2.53 bits per heavy atom. The van der Waals surface area contributed by atoms with Crippen molar-refractivity contribution in [1.29, 1.82) is 0 Å². The maximum atomic E-state index is 12.7. The summed E-state index contributed by atoms with van der Waals surface area (Å²) in [4.78, 5) is 28.8. The molecule has 4 rings (SSSR count). The molecule has 0 unspecified atom stereocenters. The highest BCUT2D eigenvalue weighted by Crippen LogP contribution is 2.22. The second-order valence-corrected chi connectivity index (χ2v) is 8.19. The molecule has 2 heterocycles. The maximum Gasteiger partial charge on any atom is 0.255 e. The summed E-state index contributed by atoms with van der Waals surface area (Å²) in [6.07, 6.45) is 4.02. The van der Waals surface area contributed by atoms with Gasteiger partial charge in [0, 0.05) is 49.5 Å². The van der Waals surface area contributed by atoms with Crippen LogP contribution in [0, 0.1) is 0 Å². The lowest BCUT2D eigenvalue weighted by Crippen LogP contribution is -2.35. The number of hydrogen-bond acceptors (Lipinski definition) is 4. The molecule has 2 N–H and O–H groups in total. The molecule has 2 aromatic rings. The highest BCUT2D eigenvalue weighted by atomic mass is 16.3. The highest BCUT2D eigenvalue weighted by Gasteiger charge is 2.19. The maximum absolute atomic E-state index is 12.7. The summed E-state index contributed by atoms with van der Waals surface area (Å²) in [5.74, 6) is 0.0563. The zero-order valence-corrected chi connectivity index (χ0v) is 17.2. The first-order valence-electron chi connectivity index (χ1n) is 10.8. The first kappa shape index (κ1) is 20.4. The molecular weight excluding hydrogens is 378 g/mol. The number of aliphatic hydroxyl groups excluding tert-OH is 1. The molecular formula is C24H29N3O3. The Hall–Kier alpha value is -2.86. The first-order valence-corrected chi connectivity index (χ1v) is 10.8. The van der Waals surface area contributed by atoms with Gasteiger partial charge in [0.25, 0.3) is 5.91 Å². The fourth-order valence-corrected chi connectivity index (χ4v) is 4.15. The number of carbonyl (C=O) groups is 2. The number of amides is 2. The van der Waals surface area contributed by atoms with Crippen LogP contribution < -0.4 is 10.2 Å². The van der Waals surface area contributed by atoms with Crippen LogP contribution >= 0.6 is 0 Å². The number of benzene rings is 2. The van der Waals surface area contributed by atoms with E-state index < -0.39 is 0 Å². The second-order valence-electron chi connectivity index (χ2n) is 8.19. The largest absolute Gasteiger partial charge is 0.393 e. The SMILES string of the molecule is O=C(Nc1cccc(CN2CCCCC2=O)c1)c1ccc(N2CCC(O)CC2)cc1. The van der Waals surface area contributed by atoms with Crippen molar-refractivity contribution in [2.75, 3.05) is 29.9 Å². The zero-order valence-electron chi connectivity index (χ0n) is 17.2. The van der Waals surface area contributed by atoms with Crippen LogP contribution in [0.5, 0.6) is 0 Å². The zero-order chi connectivity index (χ0) is 20.9. The molecule has 6 nitrogen and oxygen atoms in total. The van der Waals surface area contributed by atoms with E-state index in [0.29, 0.717) is 18.5 Å². The van der Waals surface area contributed by atoms with Crippen LogP contribution in [0.25, 0.3) is 0 Å². The smallest absolute Gasteiger partial charge is 0.255 e. The van der Waals surface area contributed by atoms with Crippen LogP contribution in [-0.4, -0.2) is 47.6 Å². The van der Waals surface area contributed by atoms with Crippen LogP contribution in [0.3, 0.4) is 0 Å². The molecule has 2 amide bonds. The Bertz CT molecular complexity index is 889. The van der Waals surface area contributed by atoms with E-state index in [1.807, 2.05) is 53.4 Å². The summed E-state index contributed by atoms with van der Waals surface area (Å²) in [5.41, 5.74) is 3.43. The van der Waals surface area contributed by atoms with Gasteiger partial charge in [0.2, 0.25) is 5.91 Å². The third-order valence-corrected chi connectivity index (χ3v) is 5.94. The Morgan fingerprint density at radius 2 is 1.80 bits per heavy atom. The Labute approximate surface area is 177 Å². The van der Waals surface area contributed by atoms with Gasteiger partial charge in [-0.1, -0.05) is 12.1 Å². The van der Waals surface area contributed by atoms with Crippen molar-refractivity contribution in [2.45, 2.75) is 44.8 Å². The van der Waals surface area contributed by atoms with Crippen LogP contribution in [0.2, 0.25) is 0 Å². The number of hydrogen-bond donors (Lipinski definition) is 2. The van der Waals surface area contributed by atoms with Crippen LogP contribution in [-0.2, 0) is 11.3 Å². The van der Waals surface area contributed by atoms with Crippen LogP contribution in [0.15, 0.2) is 48.5 Å². The molecule has 0 bridgehead atoms. The lowest BCUT2D eigenvalue weighted by molar-refractivity contribution is -0.133. The fraction of sp³-hybridized carbons (Fsp3) is 0.417. The summed E-state index contributed by atoms with van der Waals surface area (Å²) in [6.45, 7) is 3.05. The van der Waals surface area contributed by atoms with Crippen molar-refractivity contribution in [1.82, 2.24) is 4.90 Å². The van der Waals surface area contributed by atoms with Crippen LogP contribution in [0.4, 0.5) is 11.4 Å². The molecule has 2 aliphatic heterocycles. The topological polar surface area (TPSA) is 72.9 Å². The summed E-state index contributed by atoms with van der Waals surface area (Å²) in [6, 6.07) is 15.3. The van der Waals surface area contributed by atoms with Gasteiger partial charge in [-0.15, -0.1) is 0 Å². The molecule has 6 heteroatoms. The number of piperidine rings is 2. The van der Waals surface area contributed by atoms with Gasteiger partial charge in [-0.2, -0.15) is 0 Å². The number of likely N-dealkylation sites (tertiary alicyclic amines) is 1. The molecule has 158 valence electrons. The summed E-state index contributed by atoms with van der Waals surface area (Å²) >= 11 is 0. The minimum Gasteiger partial charge on any atom is -0.393 e. The van der Waals surface area contributed by atoms with Gasteiger partial charge in [-0.3, -0.25) is 9.59 Å². The van der Waals surface area contributed by atoms with E-state index in [4.69, 9.17) is 0 Å². The predicted octanol–water partition coefficient (Wildman–Crippen LogP) is 3.41. The number of nitrogens with one attached hydrogen (secondary N) is 1. The molecule has 2 saturated heterocycles. The van der Waals surface area contributed by atoms with Gasteiger partial charge in [0.15, 0.2) is 0 Å². The van der Waals surface area contributed by atoms with Crippen LogP contribution in [0.1, 0.15) is 48.0 Å². The number of aliphatic hydroxyl groups is 1. The molecule has 0 aliphatic carbocycles. The fourth-order valence-electron chi connectivity index (χ4n) is 4.15. The van der Waals surface area contributed by atoms with E-state index in [9.17, 15) is 14.7 Å². The average Bonchev–Trinajstić information content (AvgIpc) is 2.76. The predicted molar refractivity (Wildman–Crippen MR) is 118 cm³/mol. The van der Waals surface area contributed by atoms with Crippen molar-refractivity contribution in [3.63, 3.8) is 0 Å². The third kappa shape index (κ3) is 5.00. The minimum absolute atomic E-state index is 0.151. The Balaban J connectivity index is 1.37. The molecule has 2 aliphatic rings. The molecule has 2 aromatic carbocycles. The van der Waals surface area contributed by atoms with Crippen molar-refractivity contribution >= 4 is 23.2 Å². The average molecular weight is 408 g/mol. The third-order valence-electron chi connectivity index (χ3n) is 5.94. The minimum atomic E-state index is -0.199. The van der Waals surface area contributed by atoms with E-state index in [0.717, 1.165) is 62.3 Å². The lowest BCUT2D eigenvalue weighted by atomic mass is 10.1. The molecule has 2 fully saturated rings. The summed E-state index contributed by atoms with van der Waals surface area (Å²) in [7, 11) is 0. The highest BCUT2D eigenvalue weighted by molar-refractivity contribution is 6.04. The molecule has 0 atom stereocenters. The van der Waals surface area contributed by atoms with Gasteiger partial charge in [-0.05, 0) is 67.6 Å². The van der Waals surface area contributed by atoms with Crippen molar-refractivity contribution in [3.05, 3.63) is 59.7 Å². The van der Waals surface area contributed by atoms with E-state index in [1.54, 1.807) is 0 Å². The van der Waals surface area contributed by atoms with Crippen molar-refractivity contribution in [3.8, 4) is 0 Å². The van der Waals surface area contributed by atoms with E-state index in [-0.39, 0.29) is 17.9 Å². The Morgan fingerprint density at radius 1 is 1.03 bits per heavy atom. The standard InChI is InChI=1S/C24H29N3O3/c28-22-11-14-26(15-12-22)21-9-7-19(8-10-21)24(30)25-20-5-3-4-18(16-20)17-27-13-2-1-6-23(27)29/h3-5,7-10,16,22,28H,1-2,6,11-15,17H2,(H,25,30). The lowest BCUT2D eigenvalue weighted by Gasteiger charge is -2.31. The number of rotatable bonds is 5. The van der Waals surface area contributed by atoms with E-state index in [2.05, 4.69) is 10.2 Å². The monoisotopic (exact) mass is 407 g/mol. The van der Waals surface area contributed by atoms with E-state index in [1.165, 1.54) is 0 Å². The van der Waals surface area contributed by atoms with Gasteiger partial charge < -0.3 is 20.2 Å². The van der Waals surface area contributed by atoms with Gasteiger partial charge in [0.05, 0.1) is 6.10 Å². The number of nitrogens with zero attached hydrogens (tertiary/aromatic N) is 2. The first-order chi connectivity index (χ1) is 14.6. The van der Waals surface area contributed by atoms with Crippen molar-refractivity contribution < 1.29 is 14.7 Å². The van der Waals surface area contributed by atoms with E-state index >= 15 is 0 Å². The van der Waals surface area contributed by atoms with Crippen molar-refractivity contribution in [2.24, 2.45) is 0 Å². The molecule has 30 heavy (non-hydrogen) atoms. The quantitative estimate of drug-likeness (QED) is 0.797. The molecule has 0 saturated carbocycles. The number of carbonyl (C=O) groups excluding carboxylic acids is 2. The van der Waals surface area contributed by atoms with Gasteiger partial charge in [-0.25, -0.2) is 0 Å². The van der Waals surface area contributed by atoms with Gasteiger partial charge >= 0.3 is 0 Å². The Kier molecular flexibility index (Phi) is 6.33. The summed E-state index contributed by atoms with van der Waals surface area (Å²) in [5, 5.41) is 12.6. The molecule has 0 spiro atoms. The number of anilines is 2. The normalized spacial score (nSPS) is 17.8. The molecule has 0 aromatic heterocycles.